The van der Waals surface area contributed by atoms with Crippen LogP contribution in [0.4, 0.5) is 0 Å². The second-order valence-corrected chi connectivity index (χ2v) is 9.89. The summed E-state index contributed by atoms with van der Waals surface area (Å²) in [4.78, 5) is 0. The van der Waals surface area contributed by atoms with E-state index in [1.807, 2.05) is 0 Å². The topological polar surface area (TPSA) is 0 Å². The quantitative estimate of drug-likeness (QED) is 0.389. The molecule has 0 spiro atoms. The Kier molecular flexibility index (Phi) is 5.08. The maximum Gasteiger partial charge on any atom is -0.00586 e. The monoisotopic (exact) mass is 348 g/mol. The minimum absolute atomic E-state index is 0.281. The van der Waals surface area contributed by atoms with Crippen molar-refractivity contribution in [1.29, 1.82) is 0 Å². The van der Waals surface area contributed by atoms with Gasteiger partial charge in [-0.15, -0.1) is 0 Å². The number of rotatable bonds is 3. The second-order valence-electron chi connectivity index (χ2n) is 9.89. The fourth-order valence-electron chi connectivity index (χ4n) is 4.80. The van der Waals surface area contributed by atoms with Gasteiger partial charge in [0.15, 0.2) is 0 Å². The molecule has 1 fully saturated rings. The number of allylic oxidation sites excluding steroid dienone is 5. The minimum Gasteiger partial charge on any atom is -0.0998 e. The summed E-state index contributed by atoms with van der Waals surface area (Å²) in [7, 11) is 0. The lowest BCUT2D eigenvalue weighted by molar-refractivity contribution is 0.331. The molecule has 3 rings (SSSR count). The Bertz CT molecular complexity index is 754. The number of hydrogen-bond acceptors (Lipinski definition) is 0. The van der Waals surface area contributed by atoms with Crippen LogP contribution in [-0.4, -0.2) is 0 Å². The van der Waals surface area contributed by atoms with E-state index in [9.17, 15) is 0 Å². The highest BCUT2D eigenvalue weighted by Gasteiger charge is 2.38. The van der Waals surface area contributed by atoms with Gasteiger partial charge in [-0.25, -0.2) is 0 Å². The highest BCUT2D eigenvalue weighted by molar-refractivity contribution is 5.45. The molecule has 0 aliphatic heterocycles. The van der Waals surface area contributed by atoms with Crippen LogP contribution >= 0.6 is 0 Å². The van der Waals surface area contributed by atoms with Gasteiger partial charge in [-0.2, -0.15) is 0 Å². The summed E-state index contributed by atoms with van der Waals surface area (Å²) in [5, 5.41) is 0. The fourth-order valence-corrected chi connectivity index (χ4v) is 4.80. The molecular weight excluding hydrogens is 312 g/mol. The van der Waals surface area contributed by atoms with Crippen molar-refractivity contribution >= 4 is 0 Å². The van der Waals surface area contributed by atoms with Crippen LogP contribution in [0, 0.1) is 5.92 Å². The highest BCUT2D eigenvalue weighted by atomic mass is 14.4. The summed E-state index contributed by atoms with van der Waals surface area (Å²) in [5.74, 6) is 1.16. The van der Waals surface area contributed by atoms with Gasteiger partial charge in [0.25, 0.3) is 0 Å². The van der Waals surface area contributed by atoms with E-state index < -0.39 is 0 Å². The van der Waals surface area contributed by atoms with Gasteiger partial charge in [-0.05, 0) is 78.9 Å². The SMILES string of the molecule is C=C1CC(/C=C/C(C)=C/C)C(c2ccc3c(c2)C(C)(C)CCC3(C)C)C1. The molecule has 0 N–H and O–H groups in total. The van der Waals surface area contributed by atoms with Crippen molar-refractivity contribution in [3.05, 3.63) is 70.8 Å². The van der Waals surface area contributed by atoms with Crippen molar-refractivity contribution in [1.82, 2.24) is 0 Å². The van der Waals surface area contributed by atoms with Crippen molar-refractivity contribution < 1.29 is 0 Å². The van der Waals surface area contributed by atoms with E-state index in [2.05, 4.69) is 84.5 Å². The maximum absolute atomic E-state index is 4.32. The predicted octanol–water partition coefficient (Wildman–Crippen LogP) is 7.61. The number of benzene rings is 1. The molecule has 1 aromatic rings. The van der Waals surface area contributed by atoms with Crippen LogP contribution in [0.2, 0.25) is 0 Å². The zero-order valence-electron chi connectivity index (χ0n) is 17.7. The first-order valence-corrected chi connectivity index (χ1v) is 10.3. The van der Waals surface area contributed by atoms with Crippen molar-refractivity contribution in [2.24, 2.45) is 5.92 Å². The lowest BCUT2D eigenvalue weighted by Gasteiger charge is -2.42. The molecule has 2 aliphatic carbocycles. The van der Waals surface area contributed by atoms with E-state index in [-0.39, 0.29) is 5.41 Å². The Morgan fingerprint density at radius 2 is 1.69 bits per heavy atom. The third-order valence-corrected chi connectivity index (χ3v) is 6.92. The van der Waals surface area contributed by atoms with E-state index in [0.717, 1.165) is 12.8 Å². The molecule has 1 saturated carbocycles. The molecule has 0 amide bonds. The van der Waals surface area contributed by atoms with Crippen LogP contribution in [0.1, 0.15) is 89.8 Å². The Hall–Kier alpha value is -1.56. The summed E-state index contributed by atoms with van der Waals surface area (Å²) in [6.07, 6.45) is 11.7. The smallest absolute Gasteiger partial charge is 0.00586 e. The van der Waals surface area contributed by atoms with Crippen LogP contribution in [0.15, 0.2) is 54.2 Å². The van der Waals surface area contributed by atoms with Gasteiger partial charge in [0.2, 0.25) is 0 Å². The highest BCUT2D eigenvalue weighted by Crippen LogP contribution is 2.49. The third kappa shape index (κ3) is 3.61. The fraction of sp³-hybridized carbons (Fsp3) is 0.538. The first-order chi connectivity index (χ1) is 12.1. The summed E-state index contributed by atoms with van der Waals surface area (Å²) < 4.78 is 0. The Morgan fingerprint density at radius 3 is 2.35 bits per heavy atom. The Labute approximate surface area is 161 Å². The lowest BCUT2D eigenvalue weighted by atomic mass is 9.62. The first-order valence-electron chi connectivity index (χ1n) is 10.3. The van der Waals surface area contributed by atoms with Gasteiger partial charge in [0.05, 0.1) is 0 Å². The lowest BCUT2D eigenvalue weighted by Crippen LogP contribution is -2.34. The molecule has 0 heteroatoms. The van der Waals surface area contributed by atoms with Crippen LogP contribution in [0.25, 0.3) is 0 Å². The van der Waals surface area contributed by atoms with Gasteiger partial charge in [0.1, 0.15) is 0 Å². The van der Waals surface area contributed by atoms with Crippen LogP contribution in [-0.2, 0) is 10.8 Å². The van der Waals surface area contributed by atoms with Gasteiger partial charge >= 0.3 is 0 Å². The molecule has 0 nitrogen and oxygen atoms in total. The average molecular weight is 349 g/mol. The summed E-state index contributed by atoms with van der Waals surface area (Å²) in [6.45, 7) is 18.3. The minimum atomic E-state index is 0.281. The maximum atomic E-state index is 4.32. The van der Waals surface area contributed by atoms with Crippen molar-refractivity contribution in [2.75, 3.05) is 0 Å². The molecule has 0 saturated heterocycles. The zero-order chi connectivity index (χ0) is 19.1. The third-order valence-electron chi connectivity index (χ3n) is 6.92. The Morgan fingerprint density at radius 1 is 1.04 bits per heavy atom. The van der Waals surface area contributed by atoms with Gasteiger partial charge < -0.3 is 0 Å². The molecule has 0 aromatic heterocycles. The summed E-state index contributed by atoms with van der Waals surface area (Å²) in [6, 6.07) is 7.39. The van der Waals surface area contributed by atoms with Crippen molar-refractivity contribution in [2.45, 2.75) is 84.0 Å². The van der Waals surface area contributed by atoms with E-state index in [0.29, 0.717) is 17.3 Å². The summed E-state index contributed by atoms with van der Waals surface area (Å²) in [5.41, 5.74) is 7.98. The van der Waals surface area contributed by atoms with E-state index in [4.69, 9.17) is 0 Å². The molecule has 2 unspecified atom stereocenters. The number of hydrogen-bond donors (Lipinski definition) is 0. The van der Waals surface area contributed by atoms with Gasteiger partial charge in [-0.3, -0.25) is 0 Å². The molecule has 2 atom stereocenters. The molecule has 0 bridgehead atoms. The largest absolute Gasteiger partial charge is 0.0998 e. The molecule has 1 aromatic carbocycles. The molecular formula is C26H36. The normalized spacial score (nSPS) is 27.8. The summed E-state index contributed by atoms with van der Waals surface area (Å²) >= 11 is 0. The van der Waals surface area contributed by atoms with Gasteiger partial charge in [-0.1, -0.05) is 81.8 Å². The molecule has 0 heterocycles. The molecule has 2 aliphatic rings. The van der Waals surface area contributed by atoms with Crippen LogP contribution in [0.3, 0.4) is 0 Å². The predicted molar refractivity (Wildman–Crippen MR) is 115 cm³/mol. The molecule has 140 valence electrons. The van der Waals surface area contributed by atoms with Gasteiger partial charge in [0, 0.05) is 0 Å². The van der Waals surface area contributed by atoms with E-state index in [1.54, 1.807) is 11.1 Å². The van der Waals surface area contributed by atoms with Crippen molar-refractivity contribution in [3.8, 4) is 0 Å². The van der Waals surface area contributed by atoms with Crippen LogP contribution in [0.5, 0.6) is 0 Å². The molecule has 26 heavy (non-hydrogen) atoms. The first kappa shape index (κ1) is 19.2. The number of fused-ring (bicyclic) bond motifs is 1. The van der Waals surface area contributed by atoms with Crippen molar-refractivity contribution in [3.63, 3.8) is 0 Å². The zero-order valence-corrected chi connectivity index (χ0v) is 17.7. The Balaban J connectivity index is 1.99. The standard InChI is InChI=1S/C26H36/c1-8-18(2)9-10-20-15-19(3)16-22(20)21-11-12-23-24(17-21)26(6,7)14-13-25(23,4)5/h8-12,17,20,22H,3,13-16H2,1-2,4-7H3/b10-9+,18-8+. The average Bonchev–Trinajstić information content (AvgIpc) is 2.97. The van der Waals surface area contributed by atoms with E-state index in [1.165, 1.54) is 29.6 Å². The molecule has 0 radical (unpaired) electrons. The van der Waals surface area contributed by atoms with E-state index >= 15 is 0 Å². The van der Waals surface area contributed by atoms with Crippen LogP contribution < -0.4 is 0 Å². The second kappa shape index (κ2) is 6.87.